The van der Waals surface area contributed by atoms with Crippen LogP contribution in [0.5, 0.6) is 0 Å². The number of aromatic nitrogens is 1. The molecule has 1 aromatic heterocycles. The van der Waals surface area contributed by atoms with Gasteiger partial charge in [0.15, 0.2) is 0 Å². The molecule has 5 heteroatoms. The van der Waals surface area contributed by atoms with Crippen molar-refractivity contribution < 1.29 is 4.55 Å². The van der Waals surface area contributed by atoms with Crippen LogP contribution in [0.15, 0.2) is 34.1 Å². The van der Waals surface area contributed by atoms with Crippen LogP contribution in [0.3, 0.4) is 0 Å². The van der Waals surface area contributed by atoms with Gasteiger partial charge in [-0.15, -0.1) is 0 Å². The van der Waals surface area contributed by atoms with E-state index in [0.717, 1.165) is 5.52 Å². The van der Waals surface area contributed by atoms with Crippen molar-refractivity contribution in [2.24, 2.45) is 7.05 Å². The lowest BCUT2D eigenvalue weighted by molar-refractivity contribution is 0.594. The van der Waals surface area contributed by atoms with Crippen LogP contribution >= 0.6 is 11.6 Å². The highest BCUT2D eigenvalue weighted by atomic mass is 35.5. The third-order valence-corrected chi connectivity index (χ3v) is 4.17. The summed E-state index contributed by atoms with van der Waals surface area (Å²) in [6.45, 7) is 1.79. The van der Waals surface area contributed by atoms with Crippen LogP contribution < -0.4 is 5.43 Å². The van der Waals surface area contributed by atoms with Crippen LogP contribution in [0.25, 0.3) is 10.9 Å². The lowest BCUT2D eigenvalue weighted by Crippen LogP contribution is -2.19. The topological polar surface area (TPSA) is 45.1 Å². The Hall–Kier alpha value is -0.970. The van der Waals surface area contributed by atoms with Gasteiger partial charge in [-0.05, 0) is 36.3 Å². The molecule has 0 aliphatic carbocycles. The number of hydrogen-bond acceptors (Lipinski definition) is 2. The van der Waals surface area contributed by atoms with E-state index in [1.54, 1.807) is 35.9 Å². The lowest BCUT2D eigenvalue weighted by Gasteiger charge is -2.11. The van der Waals surface area contributed by atoms with Crippen molar-refractivity contribution in [2.75, 3.05) is 5.75 Å². The fourth-order valence-electron chi connectivity index (χ4n) is 1.74. The van der Waals surface area contributed by atoms with Crippen LogP contribution in [0.2, 0.25) is 5.02 Å². The molecule has 2 rings (SSSR count). The Bertz CT molecular complexity index is 624. The number of hydrogen-bond donors (Lipinski definition) is 0. The van der Waals surface area contributed by atoms with Gasteiger partial charge in [-0.3, -0.25) is 4.79 Å². The molecule has 1 unspecified atom stereocenters. The van der Waals surface area contributed by atoms with Crippen molar-refractivity contribution in [3.8, 4) is 0 Å². The molecule has 0 saturated heterocycles. The molecule has 3 nitrogen and oxygen atoms in total. The summed E-state index contributed by atoms with van der Waals surface area (Å²) in [5.41, 5.74) is 0.578. The first kappa shape index (κ1) is 12.5. The zero-order chi connectivity index (χ0) is 12.6. The van der Waals surface area contributed by atoms with Gasteiger partial charge in [0.05, 0.1) is 17.1 Å². The molecule has 0 radical (unpaired) electrons. The molecular formula is C12H12ClNO2S. The third kappa shape index (κ3) is 2.20. The van der Waals surface area contributed by atoms with Gasteiger partial charge < -0.3 is 9.12 Å². The van der Waals surface area contributed by atoms with Crippen molar-refractivity contribution in [2.45, 2.75) is 11.8 Å². The fourth-order valence-corrected chi connectivity index (χ4v) is 2.81. The molecule has 1 atom stereocenters. The van der Waals surface area contributed by atoms with E-state index in [-0.39, 0.29) is 5.43 Å². The van der Waals surface area contributed by atoms with Gasteiger partial charge in [-0.1, -0.05) is 11.6 Å². The van der Waals surface area contributed by atoms with E-state index in [2.05, 4.69) is 0 Å². The Morgan fingerprint density at radius 2 is 2.18 bits per heavy atom. The van der Waals surface area contributed by atoms with E-state index in [4.69, 9.17) is 11.6 Å². The molecule has 0 aliphatic heterocycles. The molecule has 0 N–H and O–H groups in total. The van der Waals surface area contributed by atoms with Gasteiger partial charge in [0, 0.05) is 12.1 Å². The minimum absolute atomic E-state index is 0.171. The fraction of sp³-hybridized carbons (Fsp3) is 0.250. The smallest absolute Gasteiger partial charge is 0.244 e. The second-order valence-electron chi connectivity index (χ2n) is 3.73. The molecule has 2 aromatic rings. The molecule has 0 saturated carbocycles. The van der Waals surface area contributed by atoms with Crippen LogP contribution in [-0.4, -0.2) is 14.9 Å². The van der Waals surface area contributed by atoms with Crippen LogP contribution in [-0.2, 0) is 18.2 Å². The van der Waals surface area contributed by atoms with E-state index < -0.39 is 11.2 Å². The molecule has 17 heavy (non-hydrogen) atoms. The highest BCUT2D eigenvalue weighted by Crippen LogP contribution is 2.18. The molecule has 1 heterocycles. The number of pyridine rings is 1. The van der Waals surface area contributed by atoms with Crippen molar-refractivity contribution in [1.82, 2.24) is 4.57 Å². The summed E-state index contributed by atoms with van der Waals surface area (Å²) in [5, 5.41) is 1.13. The van der Waals surface area contributed by atoms with E-state index in [9.17, 15) is 9.35 Å². The molecule has 0 aliphatic rings. The van der Waals surface area contributed by atoms with E-state index in [1.165, 1.54) is 0 Å². The number of fused-ring (bicyclic) bond motifs is 1. The van der Waals surface area contributed by atoms with Crippen molar-refractivity contribution in [1.29, 1.82) is 0 Å². The Morgan fingerprint density at radius 1 is 1.47 bits per heavy atom. The van der Waals surface area contributed by atoms with E-state index in [1.807, 2.05) is 7.05 Å². The van der Waals surface area contributed by atoms with Gasteiger partial charge >= 0.3 is 0 Å². The van der Waals surface area contributed by atoms with Gasteiger partial charge in [-0.25, -0.2) is 0 Å². The van der Waals surface area contributed by atoms with Gasteiger partial charge in [0.1, 0.15) is 5.75 Å². The summed E-state index contributed by atoms with van der Waals surface area (Å²) in [6, 6.07) is 5.08. The predicted molar refractivity (Wildman–Crippen MR) is 71.1 cm³/mol. The summed E-state index contributed by atoms with van der Waals surface area (Å²) >= 11 is 4.66. The maximum Gasteiger partial charge on any atom is 0.244 e. The average Bonchev–Trinajstić information content (AvgIpc) is 2.32. The van der Waals surface area contributed by atoms with Crippen LogP contribution in [0, 0.1) is 0 Å². The van der Waals surface area contributed by atoms with Gasteiger partial charge in [0.25, 0.3) is 0 Å². The first-order chi connectivity index (χ1) is 8.04. The largest absolute Gasteiger partial charge is 0.611 e. The van der Waals surface area contributed by atoms with E-state index >= 15 is 0 Å². The maximum atomic E-state index is 12.1. The molecule has 0 fully saturated rings. The zero-order valence-electron chi connectivity index (χ0n) is 9.57. The Kier molecular flexibility index (Phi) is 3.47. The standard InChI is InChI=1S/C12H12ClNO2S/c1-3-17(16)11-7-14(2)10-6-8(13)4-5-9(10)12(11)15/h4-7H,3H2,1-2H3. The quantitative estimate of drug-likeness (QED) is 0.786. The number of rotatable bonds is 2. The summed E-state index contributed by atoms with van der Waals surface area (Å²) in [6.07, 6.45) is 1.63. The third-order valence-electron chi connectivity index (χ3n) is 2.63. The lowest BCUT2D eigenvalue weighted by atomic mass is 10.2. The normalized spacial score (nSPS) is 12.9. The minimum atomic E-state index is -1.24. The molecular weight excluding hydrogens is 258 g/mol. The predicted octanol–water partition coefficient (Wildman–Crippen LogP) is 2.32. The van der Waals surface area contributed by atoms with Crippen LogP contribution in [0.4, 0.5) is 0 Å². The van der Waals surface area contributed by atoms with Gasteiger partial charge in [0.2, 0.25) is 10.3 Å². The van der Waals surface area contributed by atoms with Crippen molar-refractivity contribution in [3.05, 3.63) is 39.6 Å². The summed E-state index contributed by atoms with van der Waals surface area (Å²) in [5.74, 6) is 0.439. The molecule has 90 valence electrons. The average molecular weight is 270 g/mol. The first-order valence-electron chi connectivity index (χ1n) is 5.22. The second-order valence-corrected chi connectivity index (χ2v) is 5.87. The molecule has 0 spiro atoms. The number of nitrogens with zero attached hydrogens (tertiary/aromatic N) is 1. The first-order valence-corrected chi connectivity index (χ1v) is 6.91. The number of benzene rings is 1. The Balaban J connectivity index is 2.81. The summed E-state index contributed by atoms with van der Waals surface area (Å²) in [7, 11) is 1.81. The minimum Gasteiger partial charge on any atom is -0.611 e. The number of halogens is 1. The Morgan fingerprint density at radius 3 is 2.82 bits per heavy atom. The number of aryl methyl sites for hydroxylation is 1. The SMILES string of the molecule is CC[S+]([O-])c1cn(C)c2cc(Cl)ccc2c1=O. The highest BCUT2D eigenvalue weighted by Gasteiger charge is 2.17. The maximum absolute atomic E-state index is 12.1. The van der Waals surface area contributed by atoms with Crippen LogP contribution in [0.1, 0.15) is 6.92 Å². The van der Waals surface area contributed by atoms with E-state index in [0.29, 0.717) is 21.1 Å². The monoisotopic (exact) mass is 269 g/mol. The van der Waals surface area contributed by atoms with Crippen molar-refractivity contribution >= 4 is 33.7 Å². The molecule has 1 aromatic carbocycles. The highest BCUT2D eigenvalue weighted by molar-refractivity contribution is 7.91. The van der Waals surface area contributed by atoms with Gasteiger partial charge in [-0.2, -0.15) is 0 Å². The second kappa shape index (κ2) is 4.72. The molecule has 0 bridgehead atoms. The molecule has 0 amide bonds. The summed E-state index contributed by atoms with van der Waals surface area (Å²) < 4.78 is 13.6. The Labute approximate surface area is 107 Å². The van der Waals surface area contributed by atoms with Crippen molar-refractivity contribution in [3.63, 3.8) is 0 Å². The summed E-state index contributed by atoms with van der Waals surface area (Å²) in [4.78, 5) is 12.5. The zero-order valence-corrected chi connectivity index (χ0v) is 11.1.